The van der Waals surface area contributed by atoms with Crippen molar-refractivity contribution in [3.63, 3.8) is 0 Å². The molecule has 9 nitrogen and oxygen atoms in total. The van der Waals surface area contributed by atoms with Crippen LogP contribution in [0.5, 0.6) is 0 Å². The van der Waals surface area contributed by atoms with Crippen molar-refractivity contribution in [1.29, 1.82) is 0 Å². The quantitative estimate of drug-likeness (QED) is 0.305. The predicted molar refractivity (Wildman–Crippen MR) is 68.9 cm³/mol. The van der Waals surface area contributed by atoms with E-state index in [1.54, 1.807) is 0 Å². The summed E-state index contributed by atoms with van der Waals surface area (Å²) in [7, 11) is 0. The number of carbonyl (C=O) groups excluding carboxylic acids is 2. The molecule has 2 aromatic rings. The number of rotatable bonds is 4. The van der Waals surface area contributed by atoms with Crippen LogP contribution in [0.2, 0.25) is 0 Å². The van der Waals surface area contributed by atoms with Crippen LogP contribution in [-0.4, -0.2) is 26.8 Å². The van der Waals surface area contributed by atoms with Gasteiger partial charge in [0.25, 0.3) is 11.8 Å². The molecule has 104 valence electrons. The topological polar surface area (TPSA) is 141 Å². The minimum absolute atomic E-state index is 0.0562. The highest BCUT2D eigenvalue weighted by Crippen LogP contribution is 2.09. The third-order valence-corrected chi connectivity index (χ3v) is 2.60. The molecule has 0 aliphatic rings. The van der Waals surface area contributed by atoms with E-state index >= 15 is 0 Å². The number of nitrogens with one attached hydrogen (secondary N) is 2. The molecule has 0 radical (unpaired) electrons. The summed E-state index contributed by atoms with van der Waals surface area (Å²) in [5, 5.41) is 7.44. The first kappa shape index (κ1) is 13.6. The lowest BCUT2D eigenvalue weighted by molar-refractivity contribution is 0.0911. The van der Waals surface area contributed by atoms with E-state index in [0.29, 0.717) is 0 Å². The van der Waals surface area contributed by atoms with Gasteiger partial charge in [0.1, 0.15) is 0 Å². The molecule has 2 rings (SSSR count). The molecule has 9 heteroatoms. The molecule has 2 amide bonds. The second-order valence-electron chi connectivity index (χ2n) is 3.88. The van der Waals surface area contributed by atoms with E-state index in [1.165, 1.54) is 4.68 Å². The molecule has 0 unspecified atom stereocenters. The van der Waals surface area contributed by atoms with Gasteiger partial charge in [0, 0.05) is 0 Å². The van der Waals surface area contributed by atoms with Crippen LogP contribution in [0.3, 0.4) is 0 Å². The first-order valence-corrected chi connectivity index (χ1v) is 5.66. The zero-order valence-electron chi connectivity index (χ0n) is 10.4. The standard InChI is InChI=1S/C11H13N7O2/c12-14-10(19)8-9(11(20)15-13)18(17-16-8)6-7-4-2-1-3-5-7/h1-5H,6,12-13H2,(H,14,19)(H,15,20). The Morgan fingerprint density at radius 1 is 1.10 bits per heavy atom. The van der Waals surface area contributed by atoms with Crippen LogP contribution in [0.1, 0.15) is 26.5 Å². The third kappa shape index (κ3) is 2.63. The minimum Gasteiger partial charge on any atom is -0.289 e. The summed E-state index contributed by atoms with van der Waals surface area (Å²) in [6.07, 6.45) is 0. The largest absolute Gasteiger partial charge is 0.289 e. The van der Waals surface area contributed by atoms with Gasteiger partial charge < -0.3 is 0 Å². The summed E-state index contributed by atoms with van der Waals surface area (Å²) in [5.74, 6) is 8.75. The fraction of sp³-hybridized carbons (Fsp3) is 0.0909. The van der Waals surface area contributed by atoms with Crippen molar-refractivity contribution in [3.8, 4) is 0 Å². The van der Waals surface area contributed by atoms with E-state index in [-0.39, 0.29) is 17.9 Å². The fourth-order valence-corrected chi connectivity index (χ4v) is 1.69. The fourth-order valence-electron chi connectivity index (χ4n) is 1.69. The van der Waals surface area contributed by atoms with E-state index in [1.807, 2.05) is 41.2 Å². The van der Waals surface area contributed by atoms with Crippen LogP contribution in [0.25, 0.3) is 0 Å². The monoisotopic (exact) mass is 275 g/mol. The Labute approximate surface area is 113 Å². The number of nitrogens with zero attached hydrogens (tertiary/aromatic N) is 3. The molecular weight excluding hydrogens is 262 g/mol. The van der Waals surface area contributed by atoms with Gasteiger partial charge in [-0.2, -0.15) is 0 Å². The third-order valence-electron chi connectivity index (χ3n) is 2.60. The van der Waals surface area contributed by atoms with Gasteiger partial charge in [-0.15, -0.1) is 5.10 Å². The predicted octanol–water partition coefficient (Wildman–Crippen LogP) is -1.47. The van der Waals surface area contributed by atoms with Crippen molar-refractivity contribution in [2.24, 2.45) is 11.7 Å². The van der Waals surface area contributed by atoms with Gasteiger partial charge in [-0.25, -0.2) is 16.4 Å². The molecule has 0 spiro atoms. The number of amides is 2. The number of hydrogen-bond donors (Lipinski definition) is 4. The molecule has 1 aromatic carbocycles. The van der Waals surface area contributed by atoms with Gasteiger partial charge in [0.05, 0.1) is 6.54 Å². The smallest absolute Gasteiger partial charge is 0.288 e. The molecule has 0 fully saturated rings. The molecule has 0 saturated carbocycles. The van der Waals surface area contributed by atoms with Crippen molar-refractivity contribution in [1.82, 2.24) is 25.8 Å². The molecule has 0 aliphatic heterocycles. The van der Waals surface area contributed by atoms with Crippen LogP contribution in [0, 0.1) is 0 Å². The molecule has 0 aliphatic carbocycles. The van der Waals surface area contributed by atoms with Crippen LogP contribution in [0.15, 0.2) is 30.3 Å². The average molecular weight is 275 g/mol. The number of hydrogen-bond acceptors (Lipinski definition) is 6. The molecule has 0 saturated heterocycles. The van der Waals surface area contributed by atoms with Gasteiger partial charge in [-0.05, 0) is 5.56 Å². The number of nitrogen functional groups attached to an aromatic ring is 2. The van der Waals surface area contributed by atoms with Crippen molar-refractivity contribution < 1.29 is 9.59 Å². The Morgan fingerprint density at radius 2 is 1.75 bits per heavy atom. The van der Waals surface area contributed by atoms with Crippen LogP contribution < -0.4 is 22.5 Å². The van der Waals surface area contributed by atoms with Crippen LogP contribution in [0.4, 0.5) is 0 Å². The SMILES string of the molecule is NNC(=O)c1nnn(Cc2ccccc2)c1C(=O)NN. The van der Waals surface area contributed by atoms with E-state index in [0.717, 1.165) is 5.56 Å². The normalized spacial score (nSPS) is 10.1. The molecule has 1 aromatic heterocycles. The Kier molecular flexibility index (Phi) is 4.03. The number of carbonyl (C=O) groups is 2. The van der Waals surface area contributed by atoms with Gasteiger partial charge in [0.15, 0.2) is 11.4 Å². The molecule has 1 heterocycles. The second-order valence-corrected chi connectivity index (χ2v) is 3.88. The molecular formula is C11H13N7O2. The van der Waals surface area contributed by atoms with Crippen LogP contribution in [-0.2, 0) is 6.54 Å². The maximum absolute atomic E-state index is 11.8. The lowest BCUT2D eigenvalue weighted by Gasteiger charge is -2.06. The first-order chi connectivity index (χ1) is 9.67. The zero-order valence-corrected chi connectivity index (χ0v) is 10.4. The molecule has 0 bridgehead atoms. The van der Waals surface area contributed by atoms with Crippen molar-refractivity contribution >= 4 is 11.8 Å². The van der Waals surface area contributed by atoms with Crippen molar-refractivity contribution in [2.45, 2.75) is 6.54 Å². The number of hydrazine groups is 2. The summed E-state index contributed by atoms with van der Waals surface area (Å²) < 4.78 is 1.28. The minimum atomic E-state index is -0.720. The Morgan fingerprint density at radius 3 is 2.35 bits per heavy atom. The Bertz CT molecular complexity index is 623. The maximum Gasteiger partial charge on any atom is 0.288 e. The van der Waals surface area contributed by atoms with Crippen molar-refractivity contribution in [2.75, 3.05) is 0 Å². The molecule has 6 N–H and O–H groups in total. The summed E-state index contributed by atoms with van der Waals surface area (Å²) in [6, 6.07) is 9.28. The number of benzene rings is 1. The van der Waals surface area contributed by atoms with Crippen molar-refractivity contribution in [3.05, 3.63) is 47.3 Å². The van der Waals surface area contributed by atoms with Crippen LogP contribution >= 0.6 is 0 Å². The van der Waals surface area contributed by atoms with Gasteiger partial charge in [0.2, 0.25) is 0 Å². The van der Waals surface area contributed by atoms with Gasteiger partial charge in [-0.1, -0.05) is 35.5 Å². The number of aromatic nitrogens is 3. The van der Waals surface area contributed by atoms with Gasteiger partial charge >= 0.3 is 0 Å². The van der Waals surface area contributed by atoms with E-state index in [2.05, 4.69) is 10.3 Å². The van der Waals surface area contributed by atoms with E-state index < -0.39 is 11.8 Å². The highest BCUT2D eigenvalue weighted by molar-refractivity contribution is 6.04. The second kappa shape index (κ2) is 5.91. The summed E-state index contributed by atoms with van der Waals surface area (Å²) in [4.78, 5) is 23.3. The Balaban J connectivity index is 2.40. The molecule has 0 atom stereocenters. The lowest BCUT2D eigenvalue weighted by Crippen LogP contribution is -2.36. The summed E-state index contributed by atoms with van der Waals surface area (Å²) in [5.41, 5.74) is 4.50. The lowest BCUT2D eigenvalue weighted by atomic mass is 10.2. The highest BCUT2D eigenvalue weighted by Gasteiger charge is 2.24. The zero-order chi connectivity index (χ0) is 14.5. The average Bonchev–Trinajstić information content (AvgIpc) is 2.90. The number of nitrogens with two attached hydrogens (primary N) is 2. The molecule has 20 heavy (non-hydrogen) atoms. The van der Waals surface area contributed by atoms with E-state index in [9.17, 15) is 9.59 Å². The first-order valence-electron chi connectivity index (χ1n) is 5.66. The highest BCUT2D eigenvalue weighted by atomic mass is 16.2. The maximum atomic E-state index is 11.8. The summed E-state index contributed by atoms with van der Waals surface area (Å²) in [6.45, 7) is 0.272. The summed E-state index contributed by atoms with van der Waals surface area (Å²) >= 11 is 0. The van der Waals surface area contributed by atoms with E-state index in [4.69, 9.17) is 11.7 Å². The Hall–Kier alpha value is -2.78. The van der Waals surface area contributed by atoms with Gasteiger partial charge in [-0.3, -0.25) is 20.4 Å².